The first-order valence-electron chi connectivity index (χ1n) is 7.66. The topological polar surface area (TPSA) is 66.8 Å². The number of carboxylic acids is 1. The monoisotopic (exact) mass is 283 g/mol. The van der Waals surface area contributed by atoms with Crippen molar-refractivity contribution in [2.45, 2.75) is 70.6 Å². The molecule has 2 rings (SSSR count). The third-order valence-corrected chi connectivity index (χ3v) is 4.46. The smallest absolute Gasteiger partial charge is 0.326 e. The van der Waals surface area contributed by atoms with Crippen LogP contribution in [0, 0.1) is 5.92 Å². The van der Waals surface area contributed by atoms with Gasteiger partial charge in [-0.3, -0.25) is 4.79 Å². The average Bonchev–Trinajstić information content (AvgIpc) is 3.22. The second kappa shape index (κ2) is 6.57. The molecule has 5 heteroatoms. The number of nitrogens with zero attached hydrogens (tertiary/aromatic N) is 1. The van der Waals surface area contributed by atoms with Crippen LogP contribution < -0.4 is 0 Å². The van der Waals surface area contributed by atoms with Crippen LogP contribution in [0.2, 0.25) is 0 Å². The number of ether oxygens (including phenoxy) is 1. The minimum atomic E-state index is -0.948. The highest BCUT2D eigenvalue weighted by atomic mass is 16.5. The van der Waals surface area contributed by atoms with Crippen LogP contribution in [0.25, 0.3) is 0 Å². The van der Waals surface area contributed by atoms with Crippen molar-refractivity contribution in [3.05, 3.63) is 0 Å². The van der Waals surface area contributed by atoms with Gasteiger partial charge in [0.2, 0.25) is 5.91 Å². The number of carboxylic acid groups (broad SMARTS) is 1. The van der Waals surface area contributed by atoms with E-state index in [1.807, 2.05) is 0 Å². The largest absolute Gasteiger partial charge is 0.480 e. The Kier molecular flexibility index (Phi) is 5.02. The van der Waals surface area contributed by atoms with Gasteiger partial charge in [0.15, 0.2) is 0 Å². The Hall–Kier alpha value is -1.10. The molecule has 5 nitrogen and oxygen atoms in total. The normalized spacial score (nSPS) is 27.9. The highest BCUT2D eigenvalue weighted by molar-refractivity contribution is 5.84. The molecule has 1 N–H and O–H groups in total. The molecule has 2 aliphatic rings. The summed E-state index contributed by atoms with van der Waals surface area (Å²) >= 11 is 0. The molecule has 0 aromatic heterocycles. The Morgan fingerprint density at radius 3 is 2.45 bits per heavy atom. The summed E-state index contributed by atoms with van der Waals surface area (Å²) in [5.41, 5.74) is 0. The Morgan fingerprint density at radius 2 is 1.90 bits per heavy atom. The Labute approximate surface area is 120 Å². The fourth-order valence-electron chi connectivity index (χ4n) is 2.99. The van der Waals surface area contributed by atoms with E-state index in [4.69, 9.17) is 9.84 Å². The van der Waals surface area contributed by atoms with E-state index in [9.17, 15) is 9.59 Å². The molecule has 0 radical (unpaired) electrons. The molecular weight excluding hydrogens is 258 g/mol. The fourth-order valence-corrected chi connectivity index (χ4v) is 2.99. The SMILES string of the molecule is CC1CCCCC1OCC(=O)N(C1CC1)C(C)C(=O)O. The second-order valence-electron chi connectivity index (χ2n) is 6.16. The number of amides is 1. The van der Waals surface area contributed by atoms with Gasteiger partial charge in [0.1, 0.15) is 12.6 Å². The van der Waals surface area contributed by atoms with Crippen LogP contribution in [0.3, 0.4) is 0 Å². The fraction of sp³-hybridized carbons (Fsp3) is 0.867. The molecule has 114 valence electrons. The van der Waals surface area contributed by atoms with Gasteiger partial charge in [-0.25, -0.2) is 4.79 Å². The van der Waals surface area contributed by atoms with E-state index >= 15 is 0 Å². The summed E-state index contributed by atoms with van der Waals surface area (Å²) in [6.07, 6.45) is 6.50. The zero-order valence-electron chi connectivity index (χ0n) is 12.4. The molecule has 0 heterocycles. The summed E-state index contributed by atoms with van der Waals surface area (Å²) in [7, 11) is 0. The number of rotatable bonds is 6. The molecule has 3 atom stereocenters. The van der Waals surface area contributed by atoms with Crippen molar-refractivity contribution in [1.29, 1.82) is 0 Å². The first kappa shape index (κ1) is 15.3. The molecule has 2 aliphatic carbocycles. The maximum absolute atomic E-state index is 12.3. The van der Waals surface area contributed by atoms with Crippen molar-refractivity contribution >= 4 is 11.9 Å². The summed E-state index contributed by atoms with van der Waals surface area (Å²) in [4.78, 5) is 24.9. The van der Waals surface area contributed by atoms with E-state index in [1.165, 1.54) is 11.3 Å². The van der Waals surface area contributed by atoms with E-state index in [1.54, 1.807) is 6.92 Å². The molecule has 1 amide bonds. The molecule has 0 bridgehead atoms. The molecule has 0 aliphatic heterocycles. The summed E-state index contributed by atoms with van der Waals surface area (Å²) in [6.45, 7) is 3.75. The number of aliphatic carboxylic acids is 1. The quantitative estimate of drug-likeness (QED) is 0.810. The van der Waals surface area contributed by atoms with Crippen LogP contribution in [0.5, 0.6) is 0 Å². The molecule has 0 saturated heterocycles. The van der Waals surface area contributed by atoms with Gasteiger partial charge in [0.25, 0.3) is 0 Å². The van der Waals surface area contributed by atoms with Gasteiger partial charge >= 0.3 is 5.97 Å². The van der Waals surface area contributed by atoms with E-state index in [-0.39, 0.29) is 24.7 Å². The summed E-state index contributed by atoms with van der Waals surface area (Å²) in [6, 6.07) is -0.664. The van der Waals surface area contributed by atoms with Gasteiger partial charge < -0.3 is 14.7 Å². The third-order valence-electron chi connectivity index (χ3n) is 4.46. The molecular formula is C15H25NO4. The molecule has 0 aromatic carbocycles. The van der Waals surface area contributed by atoms with E-state index in [2.05, 4.69) is 6.92 Å². The average molecular weight is 283 g/mol. The Balaban J connectivity index is 1.87. The standard InChI is InChI=1S/C15H25NO4/c1-10-5-3-4-6-13(10)20-9-14(17)16(12-7-8-12)11(2)15(18)19/h10-13H,3-9H2,1-2H3,(H,18,19). The van der Waals surface area contributed by atoms with E-state index in [0.717, 1.165) is 32.1 Å². The van der Waals surface area contributed by atoms with Crippen molar-refractivity contribution in [1.82, 2.24) is 4.90 Å². The van der Waals surface area contributed by atoms with Gasteiger partial charge in [0.05, 0.1) is 6.10 Å². The van der Waals surface area contributed by atoms with Gasteiger partial charge in [-0.1, -0.05) is 19.8 Å². The van der Waals surface area contributed by atoms with Crippen molar-refractivity contribution < 1.29 is 19.4 Å². The van der Waals surface area contributed by atoms with Crippen LogP contribution in [0.1, 0.15) is 52.4 Å². The lowest BCUT2D eigenvalue weighted by molar-refractivity contribution is -0.153. The Bertz CT molecular complexity index is 367. The summed E-state index contributed by atoms with van der Waals surface area (Å²) in [5.74, 6) is -0.640. The third kappa shape index (κ3) is 3.72. The first-order chi connectivity index (χ1) is 9.50. The van der Waals surface area contributed by atoms with Crippen LogP contribution in [-0.4, -0.2) is 46.7 Å². The lowest BCUT2D eigenvalue weighted by atomic mass is 9.88. The van der Waals surface area contributed by atoms with E-state index in [0.29, 0.717) is 5.92 Å². The predicted octanol–water partition coefficient (Wildman–Crippen LogP) is 2.05. The maximum Gasteiger partial charge on any atom is 0.326 e. The Morgan fingerprint density at radius 1 is 1.25 bits per heavy atom. The lowest BCUT2D eigenvalue weighted by Gasteiger charge is -2.31. The molecule has 0 aromatic rings. The summed E-state index contributed by atoms with van der Waals surface area (Å²) < 4.78 is 5.76. The van der Waals surface area contributed by atoms with Crippen molar-refractivity contribution in [2.24, 2.45) is 5.92 Å². The van der Waals surface area contributed by atoms with Crippen molar-refractivity contribution in [3.63, 3.8) is 0 Å². The van der Waals surface area contributed by atoms with E-state index < -0.39 is 12.0 Å². The minimum Gasteiger partial charge on any atom is -0.480 e. The molecule has 20 heavy (non-hydrogen) atoms. The van der Waals surface area contributed by atoms with Crippen molar-refractivity contribution in [3.8, 4) is 0 Å². The number of hydrogen-bond acceptors (Lipinski definition) is 3. The van der Waals surface area contributed by atoms with Crippen molar-refractivity contribution in [2.75, 3.05) is 6.61 Å². The zero-order chi connectivity index (χ0) is 14.7. The second-order valence-corrected chi connectivity index (χ2v) is 6.16. The zero-order valence-corrected chi connectivity index (χ0v) is 12.4. The van der Waals surface area contributed by atoms with Gasteiger partial charge in [0, 0.05) is 6.04 Å². The van der Waals surface area contributed by atoms with Crippen LogP contribution >= 0.6 is 0 Å². The molecule has 2 fully saturated rings. The van der Waals surface area contributed by atoms with Crippen LogP contribution in [-0.2, 0) is 14.3 Å². The molecule has 2 saturated carbocycles. The summed E-state index contributed by atoms with van der Waals surface area (Å²) in [5, 5.41) is 9.10. The number of carbonyl (C=O) groups is 2. The lowest BCUT2D eigenvalue weighted by Crippen LogP contribution is -2.47. The highest BCUT2D eigenvalue weighted by Gasteiger charge is 2.38. The predicted molar refractivity (Wildman–Crippen MR) is 74.3 cm³/mol. The molecule has 3 unspecified atom stereocenters. The van der Waals surface area contributed by atoms with Crippen LogP contribution in [0.15, 0.2) is 0 Å². The highest BCUT2D eigenvalue weighted by Crippen LogP contribution is 2.30. The van der Waals surface area contributed by atoms with Gasteiger partial charge in [-0.15, -0.1) is 0 Å². The number of carbonyl (C=O) groups excluding carboxylic acids is 1. The van der Waals surface area contributed by atoms with Crippen LogP contribution in [0.4, 0.5) is 0 Å². The maximum atomic E-state index is 12.3. The first-order valence-corrected chi connectivity index (χ1v) is 7.66. The van der Waals surface area contributed by atoms with Gasteiger partial charge in [-0.05, 0) is 38.5 Å². The van der Waals surface area contributed by atoms with Gasteiger partial charge in [-0.2, -0.15) is 0 Å². The minimum absolute atomic E-state index is 0.0170. The number of hydrogen-bond donors (Lipinski definition) is 1. The molecule has 0 spiro atoms.